The van der Waals surface area contributed by atoms with E-state index in [0.29, 0.717) is 12.7 Å². The van der Waals surface area contributed by atoms with Crippen molar-refractivity contribution in [2.45, 2.75) is 42.8 Å². The molecule has 0 saturated carbocycles. The van der Waals surface area contributed by atoms with Gasteiger partial charge in [0.2, 0.25) is 10.0 Å². The summed E-state index contributed by atoms with van der Waals surface area (Å²) in [6, 6.07) is 5.05. The number of thioether (sulfide) groups is 1. The van der Waals surface area contributed by atoms with E-state index in [2.05, 4.69) is 29.6 Å². The number of anilines is 1. The summed E-state index contributed by atoms with van der Waals surface area (Å²) in [5, 5.41) is -0.104. The van der Waals surface area contributed by atoms with Gasteiger partial charge in [-0.25, -0.2) is 27.1 Å². The second-order valence-corrected chi connectivity index (χ2v) is 17.2. The Kier molecular flexibility index (Phi) is 9.18. The quantitative estimate of drug-likeness (QED) is 0.0729. The number of sulfonamides is 1. The number of rotatable bonds is 10. The van der Waals surface area contributed by atoms with E-state index in [1.165, 1.54) is 12.1 Å². The number of alkyl halides is 3. The zero-order valence-electron chi connectivity index (χ0n) is 18.4. The molecule has 0 amide bonds. The zero-order valence-corrected chi connectivity index (χ0v) is 21.8. The number of aromatic nitrogens is 2. The van der Waals surface area contributed by atoms with E-state index >= 15 is 0 Å². The van der Waals surface area contributed by atoms with Gasteiger partial charge in [0.1, 0.15) is 23.5 Å². The third kappa shape index (κ3) is 8.70. The highest BCUT2D eigenvalue weighted by atomic mass is 35.5. The first-order valence-electron chi connectivity index (χ1n) is 9.65. The second-order valence-electron chi connectivity index (χ2n) is 8.36. The van der Waals surface area contributed by atoms with E-state index in [1.807, 2.05) is 0 Å². The summed E-state index contributed by atoms with van der Waals surface area (Å²) in [6.07, 6.45) is -3.84. The molecule has 0 aliphatic rings. The van der Waals surface area contributed by atoms with Gasteiger partial charge in [-0.05, 0) is 17.7 Å². The molecule has 2 aromatic rings. The van der Waals surface area contributed by atoms with Crippen LogP contribution in [0.15, 0.2) is 29.4 Å². The van der Waals surface area contributed by atoms with E-state index in [1.54, 1.807) is 0 Å². The lowest BCUT2D eigenvalue weighted by molar-refractivity contribution is -0.140. The van der Waals surface area contributed by atoms with Crippen LogP contribution < -0.4 is 4.31 Å². The van der Waals surface area contributed by atoms with E-state index in [9.17, 15) is 26.0 Å². The zero-order chi connectivity index (χ0) is 25.0. The van der Waals surface area contributed by atoms with Crippen molar-refractivity contribution in [1.29, 1.82) is 0 Å². The average molecular weight is 546 g/mol. The first-order valence-corrected chi connectivity index (χ1v) is 16.6. The van der Waals surface area contributed by atoms with Crippen molar-refractivity contribution in [3.63, 3.8) is 0 Å². The Balaban J connectivity index is 2.22. The van der Waals surface area contributed by atoms with Gasteiger partial charge in [-0.15, -0.1) is 0 Å². The molecule has 0 atom stereocenters. The molecule has 14 heteroatoms. The summed E-state index contributed by atoms with van der Waals surface area (Å²) in [4.78, 5) is 8.10. The normalized spacial score (nSPS) is 12.8. The molecular weight excluding hydrogens is 522 g/mol. The van der Waals surface area contributed by atoms with Gasteiger partial charge in [0.25, 0.3) is 0 Å². The Labute approximate surface area is 200 Å². The van der Waals surface area contributed by atoms with Gasteiger partial charge < -0.3 is 4.74 Å². The van der Waals surface area contributed by atoms with Crippen molar-refractivity contribution in [3.05, 3.63) is 46.4 Å². The van der Waals surface area contributed by atoms with Crippen molar-refractivity contribution in [2.24, 2.45) is 0 Å². The average Bonchev–Trinajstić information content (AvgIpc) is 2.63. The van der Waals surface area contributed by atoms with Crippen LogP contribution in [0.4, 0.5) is 23.4 Å². The van der Waals surface area contributed by atoms with Gasteiger partial charge >= 0.3 is 6.18 Å². The monoisotopic (exact) mass is 545 g/mol. The minimum Gasteiger partial charge on any atom is -0.360 e. The lowest BCUT2D eigenvalue weighted by Gasteiger charge is -2.23. The molecule has 0 bridgehead atoms. The van der Waals surface area contributed by atoms with Gasteiger partial charge in [0, 0.05) is 26.5 Å². The van der Waals surface area contributed by atoms with E-state index in [-0.39, 0.29) is 34.2 Å². The van der Waals surface area contributed by atoms with Crippen molar-refractivity contribution in [1.82, 2.24) is 9.97 Å². The Morgan fingerprint density at radius 3 is 2.45 bits per heavy atom. The maximum Gasteiger partial charge on any atom is 0.419 e. The van der Waals surface area contributed by atoms with Crippen LogP contribution in [0.25, 0.3) is 0 Å². The molecule has 0 spiro atoms. The second kappa shape index (κ2) is 10.9. The molecule has 6 nitrogen and oxygen atoms in total. The molecule has 0 aliphatic carbocycles. The molecule has 184 valence electrons. The summed E-state index contributed by atoms with van der Waals surface area (Å²) in [5.74, 6) is -1.66. The lowest BCUT2D eigenvalue weighted by Crippen LogP contribution is -2.34. The summed E-state index contributed by atoms with van der Waals surface area (Å²) >= 11 is 6.84. The Morgan fingerprint density at radius 2 is 1.88 bits per heavy atom. The molecule has 0 aliphatic heterocycles. The maximum atomic E-state index is 14.3. The van der Waals surface area contributed by atoms with Crippen molar-refractivity contribution < 1.29 is 30.7 Å². The van der Waals surface area contributed by atoms with Crippen LogP contribution in [0.3, 0.4) is 0 Å². The van der Waals surface area contributed by atoms with Crippen LogP contribution >= 0.6 is 23.4 Å². The molecule has 0 saturated heterocycles. The highest BCUT2D eigenvalue weighted by molar-refractivity contribution is 7.98. The number of hydrogen-bond acceptors (Lipinski definition) is 6. The van der Waals surface area contributed by atoms with Crippen LogP contribution in [0.1, 0.15) is 11.1 Å². The van der Waals surface area contributed by atoms with Crippen LogP contribution in [-0.4, -0.2) is 46.1 Å². The molecule has 2 rings (SSSR count). The molecular formula is C19H24ClF4N3O3S2Si. The highest BCUT2D eigenvalue weighted by Gasteiger charge is 2.34. The topological polar surface area (TPSA) is 72.4 Å². The Bertz CT molecular complexity index is 1080. The van der Waals surface area contributed by atoms with Crippen LogP contribution in [0.2, 0.25) is 30.8 Å². The summed E-state index contributed by atoms with van der Waals surface area (Å²) in [7, 11) is -5.17. The molecule has 0 radical (unpaired) electrons. The fourth-order valence-electron chi connectivity index (χ4n) is 2.49. The summed E-state index contributed by atoms with van der Waals surface area (Å²) < 4.78 is 84.1. The molecule has 1 aromatic heterocycles. The van der Waals surface area contributed by atoms with Gasteiger partial charge in [-0.1, -0.05) is 55.1 Å². The lowest BCUT2D eigenvalue weighted by atomic mass is 10.1. The van der Waals surface area contributed by atoms with Crippen LogP contribution in [0.5, 0.6) is 0 Å². The van der Waals surface area contributed by atoms with E-state index in [4.69, 9.17) is 16.3 Å². The highest BCUT2D eigenvalue weighted by Crippen LogP contribution is 2.34. The van der Waals surface area contributed by atoms with E-state index in [0.717, 1.165) is 34.4 Å². The number of nitrogens with zero attached hydrogens (tertiary/aromatic N) is 3. The fraction of sp³-hybridized carbons (Fsp3) is 0.474. The molecule has 1 heterocycles. The van der Waals surface area contributed by atoms with Crippen molar-refractivity contribution >= 4 is 47.3 Å². The van der Waals surface area contributed by atoms with Gasteiger partial charge in [0.05, 0.1) is 11.8 Å². The van der Waals surface area contributed by atoms with Gasteiger partial charge in [-0.3, -0.25) is 0 Å². The predicted molar refractivity (Wildman–Crippen MR) is 124 cm³/mol. The molecule has 0 N–H and O–H groups in total. The third-order valence-electron chi connectivity index (χ3n) is 4.26. The summed E-state index contributed by atoms with van der Waals surface area (Å²) in [6.45, 7) is 6.56. The first kappa shape index (κ1) is 27.8. The minimum absolute atomic E-state index is 0.0231. The molecule has 1 aromatic carbocycles. The van der Waals surface area contributed by atoms with Crippen molar-refractivity contribution in [3.8, 4) is 0 Å². The Morgan fingerprint density at radius 1 is 1.21 bits per heavy atom. The van der Waals surface area contributed by atoms with E-state index < -0.39 is 35.7 Å². The van der Waals surface area contributed by atoms with Crippen LogP contribution in [0, 0.1) is 5.82 Å². The van der Waals surface area contributed by atoms with Gasteiger partial charge in [-0.2, -0.15) is 13.2 Å². The largest absolute Gasteiger partial charge is 0.419 e. The summed E-state index contributed by atoms with van der Waals surface area (Å²) in [5.41, 5.74) is -1.57. The Hall–Kier alpha value is -1.41. The number of hydrogen-bond donors (Lipinski definition) is 0. The number of ether oxygens (including phenoxy) is 1. The molecule has 0 fully saturated rings. The van der Waals surface area contributed by atoms with Crippen LogP contribution in [-0.2, 0) is 26.7 Å². The number of halogens is 5. The maximum absolute atomic E-state index is 14.3. The standard InChI is InChI=1S/C19H24ClF4N3O3S2Si/c1-32(28,29)27(12-30-8-9-33(2,3)4)16-10-15(20)25-18(26-16)31-11-13-6-5-7-14(17(13)21)19(22,23)24/h5-7,10H,8-9,11-12H2,1-4H3. The molecule has 0 unspecified atom stereocenters. The first-order chi connectivity index (χ1) is 15.1. The predicted octanol–water partition coefficient (Wildman–Crippen LogP) is 5.66. The minimum atomic E-state index is -4.82. The SMILES string of the molecule is C[Si](C)(C)CCOCN(c1cc(Cl)nc(SCc2cccc(C(F)(F)F)c2F)n1)S(C)(=O)=O. The fourth-order valence-corrected chi connectivity index (χ4v) is 5.00. The van der Waals surface area contributed by atoms with Crippen molar-refractivity contribution in [2.75, 3.05) is 23.9 Å². The third-order valence-corrected chi connectivity index (χ3v) is 8.15. The number of benzene rings is 1. The molecule has 33 heavy (non-hydrogen) atoms. The smallest absolute Gasteiger partial charge is 0.360 e. The van der Waals surface area contributed by atoms with Gasteiger partial charge in [0.15, 0.2) is 5.16 Å².